The Morgan fingerprint density at radius 1 is 0.500 bits per heavy atom. The summed E-state index contributed by atoms with van der Waals surface area (Å²) in [6, 6.07) is 45.2. The van der Waals surface area contributed by atoms with Gasteiger partial charge in [-0.05, 0) is 35.7 Å². The molecule has 9 aromatic rings. The molecular weight excluding hydrogens is 506 g/mol. The van der Waals surface area contributed by atoms with Crippen LogP contribution < -0.4 is 0 Å². The summed E-state index contributed by atoms with van der Waals surface area (Å²) in [5, 5.41) is 8.60. The van der Waals surface area contributed by atoms with Crippen molar-refractivity contribution in [1.29, 1.82) is 0 Å². The topological polar surface area (TPSA) is 30.7 Å². The first-order valence-electron chi connectivity index (χ1n) is 13.4. The van der Waals surface area contributed by atoms with E-state index < -0.39 is 0 Å². The van der Waals surface area contributed by atoms with Crippen molar-refractivity contribution < 1.29 is 0 Å². The minimum Gasteiger partial charge on any atom is -0.278 e. The number of rotatable bonds is 2. The number of hydrogen-bond donors (Lipinski definition) is 0. The van der Waals surface area contributed by atoms with E-state index in [4.69, 9.17) is 9.97 Å². The van der Waals surface area contributed by atoms with E-state index >= 15 is 0 Å². The SMILES string of the molecule is c1ccc(-c2nc(-n3c4ccccc4c4cc5ccc6c7ccccc7sc6c5cc43)nc3ccccc23)cc1. The minimum absolute atomic E-state index is 0.687. The fourth-order valence-corrected chi connectivity index (χ4v) is 7.40. The molecule has 0 spiro atoms. The highest BCUT2D eigenvalue weighted by atomic mass is 32.1. The molecule has 6 aromatic carbocycles. The molecule has 3 heterocycles. The van der Waals surface area contributed by atoms with Gasteiger partial charge < -0.3 is 0 Å². The van der Waals surface area contributed by atoms with Gasteiger partial charge in [0.15, 0.2) is 0 Å². The van der Waals surface area contributed by atoms with E-state index in [1.165, 1.54) is 41.7 Å². The molecule has 0 atom stereocenters. The van der Waals surface area contributed by atoms with Gasteiger partial charge in [0, 0.05) is 47.3 Å². The van der Waals surface area contributed by atoms with E-state index in [2.05, 4.69) is 120 Å². The van der Waals surface area contributed by atoms with Crippen LogP contribution >= 0.6 is 11.3 Å². The van der Waals surface area contributed by atoms with Gasteiger partial charge in [-0.3, -0.25) is 4.57 Å². The molecule has 0 N–H and O–H groups in total. The first kappa shape index (κ1) is 21.8. The molecule has 0 aliphatic rings. The van der Waals surface area contributed by atoms with Crippen LogP contribution in [-0.2, 0) is 0 Å². The van der Waals surface area contributed by atoms with Crippen molar-refractivity contribution in [3.05, 3.63) is 127 Å². The Hall–Kier alpha value is -5.06. The maximum absolute atomic E-state index is 5.25. The average Bonchev–Trinajstić information content (AvgIpc) is 3.56. The summed E-state index contributed by atoms with van der Waals surface area (Å²) < 4.78 is 4.88. The van der Waals surface area contributed by atoms with Gasteiger partial charge in [0.05, 0.1) is 22.2 Å². The minimum atomic E-state index is 0.687. The number of para-hydroxylation sites is 2. The molecule has 3 aromatic heterocycles. The molecule has 4 heteroatoms. The van der Waals surface area contributed by atoms with Crippen LogP contribution in [0.25, 0.3) is 80.9 Å². The second-order valence-corrected chi connectivity index (χ2v) is 11.3. The van der Waals surface area contributed by atoms with Crippen molar-refractivity contribution in [1.82, 2.24) is 14.5 Å². The Balaban J connectivity index is 1.43. The van der Waals surface area contributed by atoms with Gasteiger partial charge in [-0.25, -0.2) is 9.97 Å². The molecule has 3 nitrogen and oxygen atoms in total. The summed E-state index contributed by atoms with van der Waals surface area (Å²) in [5.41, 5.74) is 5.19. The Bertz CT molecular complexity index is 2430. The largest absolute Gasteiger partial charge is 0.278 e. The van der Waals surface area contributed by atoms with Gasteiger partial charge in [-0.2, -0.15) is 0 Å². The van der Waals surface area contributed by atoms with Crippen molar-refractivity contribution in [3.8, 4) is 17.2 Å². The first-order valence-corrected chi connectivity index (χ1v) is 14.2. The average molecular weight is 528 g/mol. The molecule has 0 aliphatic carbocycles. The quantitative estimate of drug-likeness (QED) is 0.224. The number of nitrogens with zero attached hydrogens (tertiary/aromatic N) is 3. The van der Waals surface area contributed by atoms with Crippen LogP contribution in [-0.4, -0.2) is 14.5 Å². The first-order chi connectivity index (χ1) is 19.8. The molecule has 0 saturated carbocycles. The molecule has 0 bridgehead atoms. The smallest absolute Gasteiger partial charge is 0.235 e. The fourth-order valence-electron chi connectivity index (χ4n) is 6.17. The maximum atomic E-state index is 5.25. The molecule has 186 valence electrons. The lowest BCUT2D eigenvalue weighted by molar-refractivity contribution is 1.01. The molecule has 40 heavy (non-hydrogen) atoms. The molecule has 0 aliphatic heterocycles. The van der Waals surface area contributed by atoms with Gasteiger partial charge in [0.2, 0.25) is 5.95 Å². The van der Waals surface area contributed by atoms with Crippen LogP contribution in [0.4, 0.5) is 0 Å². The van der Waals surface area contributed by atoms with E-state index in [9.17, 15) is 0 Å². The van der Waals surface area contributed by atoms with E-state index in [0.29, 0.717) is 5.95 Å². The lowest BCUT2D eigenvalue weighted by atomic mass is 10.0. The lowest BCUT2D eigenvalue weighted by Gasteiger charge is -2.12. The van der Waals surface area contributed by atoms with Gasteiger partial charge >= 0.3 is 0 Å². The van der Waals surface area contributed by atoms with Crippen LogP contribution in [0.2, 0.25) is 0 Å². The molecule has 0 fully saturated rings. The van der Waals surface area contributed by atoms with Crippen LogP contribution in [0.15, 0.2) is 127 Å². The van der Waals surface area contributed by atoms with Crippen LogP contribution in [0.1, 0.15) is 0 Å². The van der Waals surface area contributed by atoms with E-state index in [1.807, 2.05) is 23.5 Å². The van der Waals surface area contributed by atoms with E-state index in [-0.39, 0.29) is 0 Å². The predicted octanol–water partition coefficient (Wildman–Crippen LogP) is 9.91. The van der Waals surface area contributed by atoms with E-state index in [0.717, 1.165) is 33.2 Å². The monoisotopic (exact) mass is 527 g/mol. The third-order valence-corrected chi connectivity index (χ3v) is 9.21. The molecule has 9 rings (SSSR count). The highest BCUT2D eigenvalue weighted by Crippen LogP contribution is 2.41. The Morgan fingerprint density at radius 2 is 1.25 bits per heavy atom. The van der Waals surface area contributed by atoms with Gasteiger partial charge in [-0.15, -0.1) is 11.3 Å². The number of aromatic nitrogens is 3. The number of benzene rings is 6. The summed E-state index contributed by atoms with van der Waals surface area (Å²) in [5.74, 6) is 0.687. The highest BCUT2D eigenvalue weighted by molar-refractivity contribution is 7.26. The molecule has 0 unspecified atom stereocenters. The maximum Gasteiger partial charge on any atom is 0.235 e. The second kappa shape index (κ2) is 8.22. The Labute approximate surface area is 233 Å². The van der Waals surface area contributed by atoms with Crippen molar-refractivity contribution in [2.45, 2.75) is 0 Å². The Morgan fingerprint density at radius 3 is 2.15 bits per heavy atom. The highest BCUT2D eigenvalue weighted by Gasteiger charge is 2.18. The van der Waals surface area contributed by atoms with Crippen LogP contribution in [0, 0.1) is 0 Å². The van der Waals surface area contributed by atoms with Crippen LogP contribution in [0.5, 0.6) is 0 Å². The fraction of sp³-hybridized carbons (Fsp3) is 0. The normalized spacial score (nSPS) is 12.0. The molecule has 0 amide bonds. The van der Waals surface area contributed by atoms with Crippen molar-refractivity contribution >= 4 is 75.0 Å². The number of fused-ring (bicyclic) bond motifs is 9. The van der Waals surface area contributed by atoms with Crippen molar-refractivity contribution in [3.63, 3.8) is 0 Å². The molecule has 0 saturated heterocycles. The summed E-state index contributed by atoms with van der Waals surface area (Å²) in [6.07, 6.45) is 0. The third-order valence-electron chi connectivity index (χ3n) is 7.99. The summed E-state index contributed by atoms with van der Waals surface area (Å²) in [4.78, 5) is 10.4. The van der Waals surface area contributed by atoms with Crippen LogP contribution in [0.3, 0.4) is 0 Å². The summed E-state index contributed by atoms with van der Waals surface area (Å²) in [6.45, 7) is 0. The summed E-state index contributed by atoms with van der Waals surface area (Å²) in [7, 11) is 0. The van der Waals surface area contributed by atoms with Gasteiger partial charge in [-0.1, -0.05) is 97.1 Å². The standard InChI is InChI=1S/C36H21N3S/c1-2-10-22(11-3-1)34-27-14-4-7-15-30(27)37-36(38-34)39-31-16-8-5-12-24(31)29-20-23-18-19-26-25-13-6-9-17-33(25)40-35(26)28(23)21-32(29)39/h1-21H. The third kappa shape index (κ3) is 3.05. The summed E-state index contributed by atoms with van der Waals surface area (Å²) >= 11 is 1.87. The zero-order chi connectivity index (χ0) is 26.2. The Kier molecular flexibility index (Phi) is 4.48. The lowest BCUT2D eigenvalue weighted by Crippen LogP contribution is -2.03. The van der Waals surface area contributed by atoms with Gasteiger partial charge in [0.25, 0.3) is 0 Å². The number of thiophene rings is 1. The second-order valence-electron chi connectivity index (χ2n) is 10.2. The number of hydrogen-bond acceptors (Lipinski definition) is 3. The van der Waals surface area contributed by atoms with Gasteiger partial charge in [0.1, 0.15) is 0 Å². The van der Waals surface area contributed by atoms with Crippen molar-refractivity contribution in [2.75, 3.05) is 0 Å². The predicted molar refractivity (Wildman–Crippen MR) is 170 cm³/mol. The molecule has 0 radical (unpaired) electrons. The zero-order valence-corrected chi connectivity index (χ0v) is 22.2. The molecular formula is C36H21N3S. The van der Waals surface area contributed by atoms with Crippen molar-refractivity contribution in [2.24, 2.45) is 0 Å². The zero-order valence-electron chi connectivity index (χ0n) is 21.4. The van der Waals surface area contributed by atoms with E-state index in [1.54, 1.807) is 0 Å².